The van der Waals surface area contributed by atoms with Gasteiger partial charge in [-0.25, -0.2) is 18.7 Å². The lowest BCUT2D eigenvalue weighted by Crippen LogP contribution is -2.33. The smallest absolute Gasteiger partial charge is 0.224 e. The highest BCUT2D eigenvalue weighted by molar-refractivity contribution is 5.91. The number of anilines is 1. The minimum absolute atomic E-state index is 0. The number of benzene rings is 2. The zero-order valence-electron chi connectivity index (χ0n) is 19.9. The lowest BCUT2D eigenvalue weighted by Gasteiger charge is -2.17. The molecule has 0 unspecified atom stereocenters. The van der Waals surface area contributed by atoms with Crippen LogP contribution in [0, 0.1) is 24.5 Å². The lowest BCUT2D eigenvalue weighted by atomic mass is 9.92. The fourth-order valence-corrected chi connectivity index (χ4v) is 4.17. The highest BCUT2D eigenvalue weighted by Crippen LogP contribution is 2.21. The molecule has 0 spiro atoms. The fraction of sp³-hybridized carbons (Fsp3) is 0.286. The number of nitrogens with one attached hydrogen (secondary N) is 1. The number of fused-ring (bicyclic) bond motifs is 1. The molecule has 0 aliphatic rings. The van der Waals surface area contributed by atoms with E-state index in [1.54, 1.807) is 18.6 Å². The number of amides is 1. The summed E-state index contributed by atoms with van der Waals surface area (Å²) in [5.74, 6) is -1.88. The average Bonchev–Trinajstić information content (AvgIpc) is 3.27. The number of rotatable bonds is 10. The Kier molecular flexibility index (Phi) is 9.05. The second kappa shape index (κ2) is 12.2. The monoisotopic (exact) mass is 507 g/mol. The number of nitrogens with two attached hydrogens (primary N) is 1. The van der Waals surface area contributed by atoms with E-state index < -0.39 is 17.6 Å². The molecule has 4 rings (SSSR count). The minimum atomic E-state index is -0.988. The summed E-state index contributed by atoms with van der Waals surface area (Å²) < 4.78 is 29.0. The molecule has 2 heterocycles. The number of ketones is 1. The molecule has 1 amide bonds. The number of nitrogens with zero attached hydrogens (tertiary/aromatic N) is 3. The van der Waals surface area contributed by atoms with Crippen molar-refractivity contribution in [3.05, 3.63) is 89.6 Å². The summed E-state index contributed by atoms with van der Waals surface area (Å²) in [4.78, 5) is 34.1. The van der Waals surface area contributed by atoms with Crippen LogP contribution in [-0.4, -0.2) is 26.2 Å². The number of aromatic nitrogens is 3. The molecule has 37 heavy (non-hydrogen) atoms. The summed E-state index contributed by atoms with van der Waals surface area (Å²) in [5.41, 5.74) is 7.21. The van der Waals surface area contributed by atoms with E-state index in [1.165, 1.54) is 6.07 Å². The van der Waals surface area contributed by atoms with E-state index in [9.17, 15) is 18.4 Å². The van der Waals surface area contributed by atoms with E-state index in [-0.39, 0.29) is 44.9 Å². The first-order chi connectivity index (χ1) is 17.3. The van der Waals surface area contributed by atoms with Gasteiger partial charge in [0, 0.05) is 55.8 Å². The van der Waals surface area contributed by atoms with Crippen LogP contribution >= 0.6 is 0 Å². The number of hydrogen-bond donors (Lipinski definition) is 2. The molecule has 4 aromatic rings. The number of Topliss-reactive ketones (excluding diaryl/α,β-unsaturated/α-hetero) is 1. The first kappa shape index (κ1) is 27.4. The molecule has 3 N–H and O–H groups in total. The molecular weight excluding hydrogens is 476 g/mol. The average molecular weight is 508 g/mol. The summed E-state index contributed by atoms with van der Waals surface area (Å²) in [5, 5.41) is 4.61. The largest absolute Gasteiger partial charge is 0.383 e. The predicted molar refractivity (Wildman–Crippen MR) is 139 cm³/mol. The van der Waals surface area contributed by atoms with Crippen molar-refractivity contribution < 1.29 is 18.4 Å². The van der Waals surface area contributed by atoms with Gasteiger partial charge in [-0.1, -0.05) is 25.6 Å². The van der Waals surface area contributed by atoms with Crippen LogP contribution in [0.5, 0.6) is 0 Å². The third-order valence-corrected chi connectivity index (χ3v) is 6.19. The van der Waals surface area contributed by atoms with E-state index in [4.69, 9.17) is 5.73 Å². The van der Waals surface area contributed by atoms with Crippen molar-refractivity contribution >= 4 is 28.3 Å². The Hall–Kier alpha value is -4.14. The van der Waals surface area contributed by atoms with Gasteiger partial charge in [0.2, 0.25) is 5.91 Å². The van der Waals surface area contributed by atoms with Gasteiger partial charge in [0.15, 0.2) is 11.6 Å². The zero-order chi connectivity index (χ0) is 25.7. The first-order valence-corrected chi connectivity index (χ1v) is 11.6. The molecule has 0 aliphatic heterocycles. The Bertz CT molecular complexity index is 1400. The normalized spacial score (nSPS) is 11.6. The Balaban J connectivity index is 0.00000380. The molecule has 7 nitrogen and oxygen atoms in total. The third-order valence-electron chi connectivity index (χ3n) is 6.19. The second-order valence-electron chi connectivity index (χ2n) is 8.78. The number of hydrogen-bond acceptors (Lipinski definition) is 5. The maximum absolute atomic E-state index is 13.8. The molecule has 194 valence electrons. The van der Waals surface area contributed by atoms with Gasteiger partial charge < -0.3 is 15.6 Å². The summed E-state index contributed by atoms with van der Waals surface area (Å²) in [6.07, 6.45) is 5.41. The molecular formula is C28H31F2N5O2. The van der Waals surface area contributed by atoms with E-state index in [0.29, 0.717) is 17.9 Å². The highest BCUT2D eigenvalue weighted by Gasteiger charge is 2.23. The standard InChI is InChI=1S/C27H27F2N5O2.CH4/c1-17-31-9-11-34(17)10-7-22(35)15-21(12-18-3-5-24(28)25(29)14-18)27(36)33-16-19-2-4-23-20(13-19)6-8-32-26(23)30;/h2-6,8-9,11,13-14,21H,7,10,12,15-16H2,1H3,(H2,30,32)(H,33,36);1H4/t21-;/m1./s1. The number of imidazole rings is 1. The van der Waals surface area contributed by atoms with Crippen molar-refractivity contribution in [2.45, 2.75) is 46.7 Å². The first-order valence-electron chi connectivity index (χ1n) is 11.6. The lowest BCUT2D eigenvalue weighted by molar-refractivity contribution is -0.129. The molecule has 2 aromatic heterocycles. The van der Waals surface area contributed by atoms with Crippen molar-refractivity contribution in [3.8, 4) is 0 Å². The molecule has 0 saturated carbocycles. The number of pyridine rings is 1. The number of halogens is 2. The van der Waals surface area contributed by atoms with Crippen LogP contribution in [0.3, 0.4) is 0 Å². The molecule has 0 fully saturated rings. The molecule has 1 atom stereocenters. The SMILES string of the molecule is C.Cc1nccn1CCC(=O)C[C@@H](Cc1ccc(F)c(F)c1)C(=O)NCc1ccc2c(N)nccc2c1. The Morgan fingerprint density at radius 3 is 2.54 bits per heavy atom. The summed E-state index contributed by atoms with van der Waals surface area (Å²) in [7, 11) is 0. The highest BCUT2D eigenvalue weighted by atomic mass is 19.2. The second-order valence-corrected chi connectivity index (χ2v) is 8.78. The topological polar surface area (TPSA) is 103 Å². The molecule has 0 radical (unpaired) electrons. The van der Waals surface area contributed by atoms with Crippen molar-refractivity contribution in [1.82, 2.24) is 19.9 Å². The summed E-state index contributed by atoms with van der Waals surface area (Å²) in [6, 6.07) is 11.0. The number of nitrogen functional groups attached to an aromatic ring is 1. The minimum Gasteiger partial charge on any atom is -0.383 e. The number of carbonyl (C=O) groups is 2. The van der Waals surface area contributed by atoms with Crippen LogP contribution < -0.4 is 11.1 Å². The predicted octanol–water partition coefficient (Wildman–Crippen LogP) is 4.76. The van der Waals surface area contributed by atoms with Crippen LogP contribution in [0.2, 0.25) is 0 Å². The van der Waals surface area contributed by atoms with Crippen molar-refractivity contribution in [2.24, 2.45) is 5.92 Å². The quantitative estimate of drug-likeness (QED) is 0.322. The fourth-order valence-electron chi connectivity index (χ4n) is 4.17. The summed E-state index contributed by atoms with van der Waals surface area (Å²) >= 11 is 0. The maximum atomic E-state index is 13.8. The number of carbonyl (C=O) groups excluding carboxylic acids is 2. The molecule has 2 aromatic carbocycles. The van der Waals surface area contributed by atoms with Crippen LogP contribution in [0.4, 0.5) is 14.6 Å². The van der Waals surface area contributed by atoms with Crippen LogP contribution in [0.1, 0.15) is 37.2 Å². The van der Waals surface area contributed by atoms with Gasteiger partial charge in [0.25, 0.3) is 0 Å². The van der Waals surface area contributed by atoms with E-state index >= 15 is 0 Å². The van der Waals surface area contributed by atoms with E-state index in [1.807, 2.05) is 35.8 Å². The van der Waals surface area contributed by atoms with Gasteiger partial charge in [-0.2, -0.15) is 0 Å². The molecule has 0 saturated heterocycles. The van der Waals surface area contributed by atoms with Gasteiger partial charge in [-0.05, 0) is 54.1 Å². The van der Waals surface area contributed by atoms with Crippen LogP contribution in [0.15, 0.2) is 61.1 Å². The Morgan fingerprint density at radius 2 is 1.81 bits per heavy atom. The van der Waals surface area contributed by atoms with Crippen LogP contribution in [-0.2, 0) is 29.1 Å². The van der Waals surface area contributed by atoms with Gasteiger partial charge in [0.1, 0.15) is 17.4 Å². The van der Waals surface area contributed by atoms with Crippen molar-refractivity contribution in [3.63, 3.8) is 0 Å². The van der Waals surface area contributed by atoms with Gasteiger partial charge >= 0.3 is 0 Å². The molecule has 0 bridgehead atoms. The summed E-state index contributed by atoms with van der Waals surface area (Å²) in [6.45, 7) is 2.55. The third kappa shape index (κ3) is 6.97. The van der Waals surface area contributed by atoms with Gasteiger partial charge in [0.05, 0.1) is 0 Å². The van der Waals surface area contributed by atoms with Crippen molar-refractivity contribution in [1.29, 1.82) is 0 Å². The van der Waals surface area contributed by atoms with Gasteiger partial charge in [-0.15, -0.1) is 0 Å². The van der Waals surface area contributed by atoms with E-state index in [2.05, 4.69) is 15.3 Å². The van der Waals surface area contributed by atoms with Crippen molar-refractivity contribution in [2.75, 3.05) is 5.73 Å². The Morgan fingerprint density at radius 1 is 1.03 bits per heavy atom. The maximum Gasteiger partial charge on any atom is 0.224 e. The van der Waals surface area contributed by atoms with Gasteiger partial charge in [-0.3, -0.25) is 9.59 Å². The zero-order valence-corrected chi connectivity index (χ0v) is 19.9. The van der Waals surface area contributed by atoms with Crippen LogP contribution in [0.25, 0.3) is 10.8 Å². The van der Waals surface area contributed by atoms with E-state index in [0.717, 1.165) is 34.3 Å². The molecule has 0 aliphatic carbocycles. The Labute approximate surface area is 214 Å². The molecule has 9 heteroatoms. The number of aryl methyl sites for hydroxylation is 2.